The van der Waals surface area contributed by atoms with Gasteiger partial charge in [0.25, 0.3) is 0 Å². The van der Waals surface area contributed by atoms with Gasteiger partial charge in [0.15, 0.2) is 0 Å². The number of hydrogen-bond donors (Lipinski definition) is 0. The third-order valence-corrected chi connectivity index (χ3v) is 5.41. The molecule has 2 aliphatic heterocycles. The second kappa shape index (κ2) is 7.99. The Bertz CT molecular complexity index is 710. The first-order valence-electron chi connectivity index (χ1n) is 9.73. The van der Waals surface area contributed by atoms with Crippen molar-refractivity contribution in [2.45, 2.75) is 32.7 Å². The Balaban J connectivity index is 1.35. The van der Waals surface area contributed by atoms with Crippen LogP contribution in [-0.2, 0) is 6.54 Å². The van der Waals surface area contributed by atoms with Crippen LogP contribution in [0.25, 0.3) is 0 Å². The van der Waals surface area contributed by atoms with Gasteiger partial charge in [0.05, 0.1) is 0 Å². The standard InChI is InChI=1S/C20H28N6/c1-17-13-21-6-5-19(17)25-10-4-7-24(11-12-25)16-18-14-22-20(23-15-18)26-8-2-3-9-26/h5-6,13-15H,2-4,7-12,16H2,1H3. The van der Waals surface area contributed by atoms with Crippen LogP contribution in [0.15, 0.2) is 30.9 Å². The monoisotopic (exact) mass is 352 g/mol. The van der Waals surface area contributed by atoms with Gasteiger partial charge in [0.2, 0.25) is 5.95 Å². The molecule has 4 rings (SSSR count). The van der Waals surface area contributed by atoms with E-state index in [0.717, 1.165) is 51.8 Å². The number of nitrogens with zero attached hydrogens (tertiary/aromatic N) is 6. The van der Waals surface area contributed by atoms with E-state index in [-0.39, 0.29) is 0 Å². The van der Waals surface area contributed by atoms with Gasteiger partial charge < -0.3 is 9.80 Å². The average molecular weight is 352 g/mol. The van der Waals surface area contributed by atoms with E-state index in [1.165, 1.54) is 36.1 Å². The second-order valence-electron chi connectivity index (χ2n) is 7.36. The summed E-state index contributed by atoms with van der Waals surface area (Å²) in [6.07, 6.45) is 11.6. The molecule has 0 amide bonds. The van der Waals surface area contributed by atoms with Gasteiger partial charge in [0, 0.05) is 81.9 Å². The minimum Gasteiger partial charge on any atom is -0.370 e. The fourth-order valence-corrected chi connectivity index (χ4v) is 3.96. The molecule has 0 N–H and O–H groups in total. The molecule has 0 bridgehead atoms. The van der Waals surface area contributed by atoms with Crippen LogP contribution in [0.5, 0.6) is 0 Å². The molecular weight excluding hydrogens is 324 g/mol. The van der Waals surface area contributed by atoms with Crippen molar-refractivity contribution in [3.8, 4) is 0 Å². The van der Waals surface area contributed by atoms with E-state index in [1.807, 2.05) is 24.8 Å². The van der Waals surface area contributed by atoms with Crippen molar-refractivity contribution >= 4 is 11.6 Å². The lowest BCUT2D eigenvalue weighted by atomic mass is 10.2. The zero-order valence-electron chi connectivity index (χ0n) is 15.6. The van der Waals surface area contributed by atoms with Gasteiger partial charge in [-0.2, -0.15) is 0 Å². The predicted molar refractivity (Wildman–Crippen MR) is 105 cm³/mol. The lowest BCUT2D eigenvalue weighted by Crippen LogP contribution is -2.31. The first kappa shape index (κ1) is 17.2. The van der Waals surface area contributed by atoms with Gasteiger partial charge in [-0.15, -0.1) is 0 Å². The molecule has 0 spiro atoms. The normalized spacial score (nSPS) is 19.0. The zero-order chi connectivity index (χ0) is 17.8. The predicted octanol–water partition coefficient (Wildman–Crippen LogP) is 2.49. The lowest BCUT2D eigenvalue weighted by Gasteiger charge is -2.25. The molecule has 6 heteroatoms. The number of hydrogen-bond acceptors (Lipinski definition) is 6. The second-order valence-corrected chi connectivity index (χ2v) is 7.36. The highest BCUT2D eigenvalue weighted by molar-refractivity contribution is 5.51. The third-order valence-electron chi connectivity index (χ3n) is 5.41. The minimum atomic E-state index is 0.890. The molecule has 2 saturated heterocycles. The summed E-state index contributed by atoms with van der Waals surface area (Å²) in [5.74, 6) is 0.890. The Morgan fingerprint density at radius 1 is 0.846 bits per heavy atom. The average Bonchev–Trinajstić information content (AvgIpc) is 3.11. The first-order chi connectivity index (χ1) is 12.8. The van der Waals surface area contributed by atoms with E-state index in [0.29, 0.717) is 0 Å². The summed E-state index contributed by atoms with van der Waals surface area (Å²) in [5.41, 5.74) is 3.79. The van der Waals surface area contributed by atoms with Crippen LogP contribution >= 0.6 is 0 Å². The summed E-state index contributed by atoms with van der Waals surface area (Å²) < 4.78 is 0. The van der Waals surface area contributed by atoms with Crippen LogP contribution in [0, 0.1) is 6.92 Å². The molecule has 0 saturated carbocycles. The van der Waals surface area contributed by atoms with Gasteiger partial charge in [-0.05, 0) is 37.8 Å². The van der Waals surface area contributed by atoms with Crippen LogP contribution in [0.2, 0.25) is 0 Å². The summed E-state index contributed by atoms with van der Waals surface area (Å²) in [4.78, 5) is 20.7. The molecule has 0 unspecified atom stereocenters. The highest BCUT2D eigenvalue weighted by Crippen LogP contribution is 2.21. The Hall–Kier alpha value is -2.21. The minimum absolute atomic E-state index is 0.890. The van der Waals surface area contributed by atoms with Crippen molar-refractivity contribution in [3.63, 3.8) is 0 Å². The molecule has 0 atom stereocenters. The highest BCUT2D eigenvalue weighted by atomic mass is 15.3. The molecule has 2 aromatic rings. The van der Waals surface area contributed by atoms with Gasteiger partial charge in [0.1, 0.15) is 0 Å². The molecule has 6 nitrogen and oxygen atoms in total. The molecule has 0 aliphatic carbocycles. The van der Waals surface area contributed by atoms with Crippen LogP contribution in [0.1, 0.15) is 30.4 Å². The molecule has 26 heavy (non-hydrogen) atoms. The van der Waals surface area contributed by atoms with Crippen molar-refractivity contribution in [2.75, 3.05) is 49.1 Å². The molecule has 2 fully saturated rings. The third kappa shape index (κ3) is 3.96. The number of anilines is 2. The van der Waals surface area contributed by atoms with Crippen LogP contribution in [0.4, 0.5) is 11.6 Å². The van der Waals surface area contributed by atoms with Crippen molar-refractivity contribution in [2.24, 2.45) is 0 Å². The van der Waals surface area contributed by atoms with Gasteiger partial charge in [-0.3, -0.25) is 9.88 Å². The summed E-state index contributed by atoms with van der Waals surface area (Å²) in [6, 6.07) is 2.13. The maximum absolute atomic E-state index is 4.59. The van der Waals surface area contributed by atoms with E-state index in [1.54, 1.807) is 0 Å². The SMILES string of the molecule is Cc1cnccc1N1CCCN(Cc2cnc(N3CCCC3)nc2)CC1. The van der Waals surface area contributed by atoms with E-state index in [2.05, 4.69) is 42.6 Å². The fraction of sp³-hybridized carbons (Fsp3) is 0.550. The van der Waals surface area contributed by atoms with Gasteiger partial charge >= 0.3 is 0 Å². The van der Waals surface area contributed by atoms with Gasteiger partial charge in [-0.25, -0.2) is 9.97 Å². The van der Waals surface area contributed by atoms with E-state index >= 15 is 0 Å². The lowest BCUT2D eigenvalue weighted by molar-refractivity contribution is 0.285. The Labute approximate surface area is 155 Å². The molecule has 2 aromatic heterocycles. The molecule has 4 heterocycles. The van der Waals surface area contributed by atoms with Crippen molar-refractivity contribution in [3.05, 3.63) is 42.0 Å². The maximum Gasteiger partial charge on any atom is 0.225 e. The van der Waals surface area contributed by atoms with Crippen molar-refractivity contribution in [1.82, 2.24) is 19.9 Å². The molecule has 0 radical (unpaired) electrons. The maximum atomic E-state index is 4.59. The largest absolute Gasteiger partial charge is 0.370 e. The number of aromatic nitrogens is 3. The smallest absolute Gasteiger partial charge is 0.225 e. The molecular formula is C20H28N6. The zero-order valence-corrected chi connectivity index (χ0v) is 15.6. The van der Waals surface area contributed by atoms with Gasteiger partial charge in [-0.1, -0.05) is 0 Å². The topological polar surface area (TPSA) is 48.4 Å². The quantitative estimate of drug-likeness (QED) is 0.843. The van der Waals surface area contributed by atoms with E-state index < -0.39 is 0 Å². The summed E-state index contributed by atoms with van der Waals surface area (Å²) in [7, 11) is 0. The molecule has 2 aliphatic rings. The van der Waals surface area contributed by atoms with Crippen molar-refractivity contribution in [1.29, 1.82) is 0 Å². The Morgan fingerprint density at radius 2 is 1.62 bits per heavy atom. The first-order valence-corrected chi connectivity index (χ1v) is 9.73. The van der Waals surface area contributed by atoms with E-state index in [9.17, 15) is 0 Å². The van der Waals surface area contributed by atoms with Crippen LogP contribution < -0.4 is 9.80 Å². The van der Waals surface area contributed by atoms with Crippen LogP contribution in [-0.4, -0.2) is 59.1 Å². The number of pyridine rings is 1. The summed E-state index contributed by atoms with van der Waals surface area (Å²) in [6.45, 7) is 9.60. The Morgan fingerprint density at radius 3 is 2.38 bits per heavy atom. The highest BCUT2D eigenvalue weighted by Gasteiger charge is 2.18. The number of aryl methyl sites for hydroxylation is 1. The number of rotatable bonds is 4. The van der Waals surface area contributed by atoms with Crippen LogP contribution in [0.3, 0.4) is 0 Å². The fourth-order valence-electron chi connectivity index (χ4n) is 3.96. The molecule has 0 aromatic carbocycles. The van der Waals surface area contributed by atoms with Crippen molar-refractivity contribution < 1.29 is 0 Å². The molecule has 138 valence electrons. The van der Waals surface area contributed by atoms with E-state index in [4.69, 9.17) is 0 Å². The Kier molecular flexibility index (Phi) is 5.29. The summed E-state index contributed by atoms with van der Waals surface area (Å²) in [5, 5.41) is 0. The summed E-state index contributed by atoms with van der Waals surface area (Å²) >= 11 is 0.